The number of hydrogen-bond donors (Lipinski definition) is 1. The lowest BCUT2D eigenvalue weighted by Gasteiger charge is -2.35. The number of carbonyl (C=O) groups is 2. The highest BCUT2D eigenvalue weighted by Crippen LogP contribution is 2.31. The quantitative estimate of drug-likeness (QED) is 0.785. The number of carbonyl (C=O) groups excluding carboxylic acids is 2. The van der Waals surface area contributed by atoms with Gasteiger partial charge in [0.15, 0.2) is 0 Å². The van der Waals surface area contributed by atoms with Crippen molar-refractivity contribution in [3.63, 3.8) is 0 Å². The second-order valence-corrected chi connectivity index (χ2v) is 9.15. The Morgan fingerprint density at radius 3 is 2.87 bits per heavy atom. The van der Waals surface area contributed by atoms with E-state index >= 15 is 0 Å². The predicted molar refractivity (Wildman–Crippen MR) is 119 cm³/mol. The van der Waals surface area contributed by atoms with Crippen molar-refractivity contribution in [1.29, 1.82) is 5.26 Å². The number of aromatic nitrogens is 1. The number of anilines is 1. The first-order valence-electron chi connectivity index (χ1n) is 10.3. The van der Waals surface area contributed by atoms with E-state index in [0.29, 0.717) is 54.0 Å². The second-order valence-electron chi connectivity index (χ2n) is 8.15. The number of halogens is 1. The van der Waals surface area contributed by atoms with E-state index in [4.69, 9.17) is 5.26 Å². The molecule has 1 N–H and O–H groups in total. The van der Waals surface area contributed by atoms with Crippen LogP contribution in [-0.4, -0.2) is 64.7 Å². The molecule has 1 aromatic heterocycles. The Morgan fingerprint density at radius 1 is 1.35 bits per heavy atom. The molecule has 0 aliphatic carbocycles. The van der Waals surface area contributed by atoms with Gasteiger partial charge in [-0.15, -0.1) is 11.8 Å². The molecule has 0 saturated carbocycles. The van der Waals surface area contributed by atoms with Gasteiger partial charge in [-0.25, -0.2) is 4.39 Å². The number of amides is 2. The molecule has 2 aromatic rings. The average molecular weight is 442 g/mol. The number of thioether (sulfide) groups is 1. The zero-order valence-electron chi connectivity index (χ0n) is 17.3. The summed E-state index contributed by atoms with van der Waals surface area (Å²) in [6.45, 7) is 2.70. The highest BCUT2D eigenvalue weighted by Gasteiger charge is 2.30. The number of pyridine rings is 1. The van der Waals surface area contributed by atoms with E-state index in [1.54, 1.807) is 19.2 Å². The zero-order valence-corrected chi connectivity index (χ0v) is 18.1. The van der Waals surface area contributed by atoms with Crippen molar-refractivity contribution < 1.29 is 14.0 Å². The minimum Gasteiger partial charge on any atom is -0.371 e. The number of rotatable bonds is 4. The minimum absolute atomic E-state index is 0.164. The molecule has 1 aromatic carbocycles. The van der Waals surface area contributed by atoms with Crippen LogP contribution in [0.1, 0.15) is 30.1 Å². The molecule has 2 aliphatic rings. The van der Waals surface area contributed by atoms with Crippen molar-refractivity contribution in [2.24, 2.45) is 0 Å². The van der Waals surface area contributed by atoms with E-state index in [-0.39, 0.29) is 18.4 Å². The Labute approximate surface area is 184 Å². The Kier molecular flexibility index (Phi) is 6.01. The molecule has 3 heterocycles. The third kappa shape index (κ3) is 4.59. The van der Waals surface area contributed by atoms with Crippen molar-refractivity contribution in [1.82, 2.24) is 15.2 Å². The molecule has 2 aliphatic heterocycles. The number of piperidine rings is 1. The van der Waals surface area contributed by atoms with E-state index in [9.17, 15) is 14.0 Å². The molecule has 2 fully saturated rings. The maximum absolute atomic E-state index is 14.2. The number of alkyl halides is 1. The van der Waals surface area contributed by atoms with Gasteiger partial charge in [-0.1, -0.05) is 0 Å². The highest BCUT2D eigenvalue weighted by molar-refractivity contribution is 7.99. The number of nitrogens with one attached hydrogen (secondary N) is 1. The maximum atomic E-state index is 14.2. The zero-order chi connectivity index (χ0) is 22.0. The lowest BCUT2D eigenvalue weighted by Crippen LogP contribution is -2.42. The first-order chi connectivity index (χ1) is 14.9. The van der Waals surface area contributed by atoms with Crippen molar-refractivity contribution in [3.05, 3.63) is 36.0 Å². The summed E-state index contributed by atoms with van der Waals surface area (Å²) < 4.78 is 14.2. The molecular formula is C22H24FN5O2S. The predicted octanol–water partition coefficient (Wildman–Crippen LogP) is 2.72. The summed E-state index contributed by atoms with van der Waals surface area (Å²) in [6, 6.07) is 9.00. The van der Waals surface area contributed by atoms with Crippen LogP contribution < -0.4 is 10.2 Å². The number of fused-ring (bicyclic) bond motifs is 1. The van der Waals surface area contributed by atoms with Crippen molar-refractivity contribution in [2.45, 2.75) is 31.5 Å². The van der Waals surface area contributed by atoms with E-state index in [2.05, 4.69) is 21.3 Å². The van der Waals surface area contributed by atoms with Crippen LogP contribution in [0.4, 0.5) is 10.1 Å². The Balaban J connectivity index is 1.50. The Morgan fingerprint density at radius 2 is 2.13 bits per heavy atom. The first kappa shape index (κ1) is 21.4. The fraction of sp³-hybridized carbons (Fsp3) is 0.455. The highest BCUT2D eigenvalue weighted by atomic mass is 32.2. The van der Waals surface area contributed by atoms with E-state index in [1.165, 1.54) is 16.7 Å². The number of nitriles is 1. The summed E-state index contributed by atoms with van der Waals surface area (Å²) in [7, 11) is 0. The summed E-state index contributed by atoms with van der Waals surface area (Å²) in [4.78, 5) is 33.2. The molecule has 1 unspecified atom stereocenters. The third-order valence-corrected chi connectivity index (χ3v) is 6.90. The van der Waals surface area contributed by atoms with Crippen LogP contribution in [0.3, 0.4) is 0 Å². The standard InChI is InChI=1S/C22H24FN5O2S/c1-22(23)5-8-27(9-6-22)15-2-3-19-18(10-15)17(4-7-25-19)21(30)26-12-20(29)28-14-31-13-16(28)11-24/h2-4,7,10,16H,5-6,8-9,12-14H2,1H3,(H,26,30). The molecule has 31 heavy (non-hydrogen) atoms. The molecule has 0 bridgehead atoms. The van der Waals surface area contributed by atoms with Crippen LogP contribution in [0.15, 0.2) is 30.5 Å². The Hall–Kier alpha value is -2.86. The van der Waals surface area contributed by atoms with Crippen LogP contribution in [-0.2, 0) is 4.79 Å². The second kappa shape index (κ2) is 8.71. The van der Waals surface area contributed by atoms with Crippen molar-refractivity contribution >= 4 is 40.2 Å². The number of hydrogen-bond acceptors (Lipinski definition) is 6. The Bertz CT molecular complexity index is 1040. The lowest BCUT2D eigenvalue weighted by molar-refractivity contribution is -0.129. The molecule has 162 valence electrons. The average Bonchev–Trinajstić information content (AvgIpc) is 3.25. The van der Waals surface area contributed by atoms with Gasteiger partial charge in [-0.05, 0) is 44.0 Å². The largest absolute Gasteiger partial charge is 0.371 e. The monoisotopic (exact) mass is 441 g/mol. The van der Waals surface area contributed by atoms with Crippen molar-refractivity contribution in [2.75, 3.05) is 36.2 Å². The normalized spacial score (nSPS) is 20.5. The van der Waals surface area contributed by atoms with Gasteiger partial charge in [-0.3, -0.25) is 14.6 Å². The van der Waals surface area contributed by atoms with Gasteiger partial charge in [0, 0.05) is 36.1 Å². The van der Waals surface area contributed by atoms with Gasteiger partial charge >= 0.3 is 0 Å². The molecule has 1 atom stereocenters. The topological polar surface area (TPSA) is 89.3 Å². The van der Waals surface area contributed by atoms with Gasteiger partial charge in [0.1, 0.15) is 11.7 Å². The molecule has 9 heteroatoms. The number of benzene rings is 1. The summed E-state index contributed by atoms with van der Waals surface area (Å²) in [5.74, 6) is 0.411. The fourth-order valence-electron chi connectivity index (χ4n) is 3.91. The van der Waals surface area contributed by atoms with Crippen LogP contribution in [0.5, 0.6) is 0 Å². The molecule has 2 amide bonds. The van der Waals surface area contributed by atoms with E-state index in [0.717, 1.165) is 5.69 Å². The van der Waals surface area contributed by atoms with Gasteiger partial charge in [-0.2, -0.15) is 5.26 Å². The van der Waals surface area contributed by atoms with E-state index < -0.39 is 11.7 Å². The van der Waals surface area contributed by atoms with Gasteiger partial charge < -0.3 is 15.1 Å². The number of nitrogens with zero attached hydrogens (tertiary/aromatic N) is 4. The minimum atomic E-state index is -1.13. The summed E-state index contributed by atoms with van der Waals surface area (Å²) in [6.07, 6.45) is 2.50. The third-order valence-electron chi connectivity index (χ3n) is 5.89. The first-order valence-corrected chi connectivity index (χ1v) is 11.4. The van der Waals surface area contributed by atoms with Crippen LogP contribution >= 0.6 is 11.8 Å². The lowest BCUT2D eigenvalue weighted by atomic mass is 9.95. The smallest absolute Gasteiger partial charge is 0.252 e. The fourth-order valence-corrected chi connectivity index (χ4v) is 5.01. The van der Waals surface area contributed by atoms with E-state index in [1.807, 2.05) is 18.2 Å². The van der Waals surface area contributed by atoms with Gasteiger partial charge in [0.25, 0.3) is 5.91 Å². The van der Waals surface area contributed by atoms with Crippen LogP contribution in [0.2, 0.25) is 0 Å². The summed E-state index contributed by atoms with van der Waals surface area (Å²) in [5, 5.41) is 12.5. The molecule has 7 nitrogen and oxygen atoms in total. The SMILES string of the molecule is CC1(F)CCN(c2ccc3nccc(C(=O)NCC(=O)N4CSCC4C#N)c3c2)CC1. The maximum Gasteiger partial charge on any atom is 0.252 e. The van der Waals surface area contributed by atoms with Crippen LogP contribution in [0.25, 0.3) is 10.9 Å². The molecule has 4 rings (SSSR count). The molecular weight excluding hydrogens is 417 g/mol. The van der Waals surface area contributed by atoms with Gasteiger partial charge in [0.2, 0.25) is 5.91 Å². The summed E-state index contributed by atoms with van der Waals surface area (Å²) in [5.41, 5.74) is 0.896. The molecule has 2 saturated heterocycles. The van der Waals surface area contributed by atoms with Crippen LogP contribution in [0, 0.1) is 11.3 Å². The molecule has 0 radical (unpaired) electrons. The van der Waals surface area contributed by atoms with Gasteiger partial charge in [0.05, 0.1) is 29.6 Å². The summed E-state index contributed by atoms with van der Waals surface area (Å²) >= 11 is 1.52. The van der Waals surface area contributed by atoms with Crippen molar-refractivity contribution in [3.8, 4) is 6.07 Å². The molecule has 0 spiro atoms.